The van der Waals surface area contributed by atoms with Crippen molar-refractivity contribution in [3.8, 4) is 0 Å². The van der Waals surface area contributed by atoms with Gasteiger partial charge in [-0.05, 0) is 12.1 Å². The van der Waals surface area contributed by atoms with Crippen molar-refractivity contribution in [2.75, 3.05) is 25.6 Å². The highest BCUT2D eigenvalue weighted by Crippen LogP contribution is 2.03. The molecule has 0 aliphatic carbocycles. The average Bonchev–Trinajstić information content (AvgIpc) is 2.34. The third-order valence-corrected chi connectivity index (χ3v) is 3.57. The van der Waals surface area contributed by atoms with Gasteiger partial charge in [0.15, 0.2) is 0 Å². The molecule has 6 nitrogen and oxygen atoms in total. The number of hydrogen-bond acceptors (Lipinski definition) is 5. The van der Waals surface area contributed by atoms with E-state index in [9.17, 15) is 13.2 Å². The van der Waals surface area contributed by atoms with Gasteiger partial charge in [0.05, 0.1) is 5.75 Å². The Hall–Kier alpha value is -1.54. The molecule has 0 aliphatic heterocycles. The van der Waals surface area contributed by atoms with Gasteiger partial charge in [-0.25, -0.2) is 8.42 Å². The van der Waals surface area contributed by atoms with E-state index < -0.39 is 9.84 Å². The molecule has 1 aromatic heterocycles. The van der Waals surface area contributed by atoms with E-state index in [-0.39, 0.29) is 28.9 Å². The Labute approximate surface area is 117 Å². The predicted molar refractivity (Wildman–Crippen MR) is 76.8 cm³/mol. The molecule has 0 unspecified atom stereocenters. The molecule has 0 atom stereocenters. The maximum atomic E-state index is 11.9. The lowest BCUT2D eigenvalue weighted by atomic mass is 10.2. The molecule has 0 saturated carbocycles. The van der Waals surface area contributed by atoms with Crippen LogP contribution in [0.15, 0.2) is 18.3 Å². The molecule has 0 saturated heterocycles. The van der Waals surface area contributed by atoms with Crippen LogP contribution in [-0.2, 0) is 9.84 Å². The molecular formula is C11H15N3O3S2. The summed E-state index contributed by atoms with van der Waals surface area (Å²) in [6, 6.07) is 3.11. The maximum Gasteiger partial charge on any atom is 0.272 e. The van der Waals surface area contributed by atoms with E-state index in [0.29, 0.717) is 5.56 Å². The maximum absolute atomic E-state index is 11.9. The minimum Gasteiger partial charge on any atom is -0.389 e. The zero-order chi connectivity index (χ0) is 14.6. The Morgan fingerprint density at radius 1 is 1.47 bits per heavy atom. The molecule has 0 aliphatic rings. The van der Waals surface area contributed by atoms with Gasteiger partial charge in [0.1, 0.15) is 20.5 Å². The van der Waals surface area contributed by atoms with Gasteiger partial charge in [0, 0.05) is 31.6 Å². The topological polar surface area (TPSA) is 93.4 Å². The van der Waals surface area contributed by atoms with Crippen LogP contribution in [0.25, 0.3) is 0 Å². The van der Waals surface area contributed by atoms with Crippen LogP contribution in [0.3, 0.4) is 0 Å². The third-order valence-electron chi connectivity index (χ3n) is 2.41. The van der Waals surface area contributed by atoms with Crippen molar-refractivity contribution in [3.63, 3.8) is 0 Å². The molecule has 0 radical (unpaired) electrons. The summed E-state index contributed by atoms with van der Waals surface area (Å²) >= 11 is 4.78. The first kappa shape index (κ1) is 15.5. The zero-order valence-electron chi connectivity index (χ0n) is 10.7. The van der Waals surface area contributed by atoms with Crippen LogP contribution in [0.2, 0.25) is 0 Å². The molecule has 104 valence electrons. The number of amides is 1. The van der Waals surface area contributed by atoms with Crippen LogP contribution >= 0.6 is 12.2 Å². The first-order valence-electron chi connectivity index (χ1n) is 5.40. The van der Waals surface area contributed by atoms with Crippen molar-refractivity contribution in [2.45, 2.75) is 0 Å². The monoisotopic (exact) mass is 301 g/mol. The van der Waals surface area contributed by atoms with Gasteiger partial charge < -0.3 is 10.6 Å². The molecule has 1 aromatic rings. The third kappa shape index (κ3) is 4.92. The van der Waals surface area contributed by atoms with Crippen LogP contribution in [0.4, 0.5) is 0 Å². The number of aromatic nitrogens is 1. The second kappa shape index (κ2) is 6.07. The fourth-order valence-corrected chi connectivity index (χ4v) is 1.99. The van der Waals surface area contributed by atoms with Gasteiger partial charge >= 0.3 is 0 Å². The second-order valence-electron chi connectivity index (χ2n) is 4.15. The highest BCUT2D eigenvalue weighted by Gasteiger charge is 2.15. The van der Waals surface area contributed by atoms with Gasteiger partial charge in [-0.2, -0.15) is 0 Å². The summed E-state index contributed by atoms with van der Waals surface area (Å²) in [6.45, 7) is 0.121. The zero-order valence-corrected chi connectivity index (χ0v) is 12.3. The highest BCUT2D eigenvalue weighted by molar-refractivity contribution is 7.90. The molecule has 1 heterocycles. The van der Waals surface area contributed by atoms with Crippen molar-refractivity contribution in [2.24, 2.45) is 5.73 Å². The number of carbonyl (C=O) groups excluding carboxylic acids is 1. The summed E-state index contributed by atoms with van der Waals surface area (Å²) in [6.07, 6.45) is 2.54. The van der Waals surface area contributed by atoms with Crippen LogP contribution < -0.4 is 5.73 Å². The van der Waals surface area contributed by atoms with E-state index in [2.05, 4.69) is 4.98 Å². The molecule has 19 heavy (non-hydrogen) atoms. The van der Waals surface area contributed by atoms with Gasteiger partial charge in [0.25, 0.3) is 5.91 Å². The standard InChI is InChI=1S/C11H15N3O3S2/c1-14(5-6-19(2,16)17)11(15)9-4-3-8(7-13-9)10(12)18/h3-4,7H,5-6H2,1-2H3,(H2,12,18). The number of carbonyl (C=O) groups is 1. The predicted octanol–water partition coefficient (Wildman–Crippen LogP) is -0.168. The van der Waals surface area contributed by atoms with Crippen LogP contribution in [-0.4, -0.2) is 54.8 Å². The summed E-state index contributed by atoms with van der Waals surface area (Å²) < 4.78 is 22.1. The first-order valence-corrected chi connectivity index (χ1v) is 7.86. The number of hydrogen-bond donors (Lipinski definition) is 1. The molecule has 0 aromatic carbocycles. The van der Waals surface area contributed by atoms with Crippen LogP contribution in [0.1, 0.15) is 16.1 Å². The SMILES string of the molecule is CN(CCS(C)(=O)=O)C(=O)c1ccc(C(N)=S)cn1. The summed E-state index contributed by atoms with van der Waals surface area (Å²) in [5.41, 5.74) is 6.22. The highest BCUT2D eigenvalue weighted by atomic mass is 32.2. The Balaban J connectivity index is 2.74. The largest absolute Gasteiger partial charge is 0.389 e. The van der Waals surface area contributed by atoms with E-state index in [1.165, 1.54) is 24.2 Å². The first-order chi connectivity index (χ1) is 8.70. The summed E-state index contributed by atoms with van der Waals surface area (Å²) in [7, 11) is -1.58. The van der Waals surface area contributed by atoms with Gasteiger partial charge in [-0.15, -0.1) is 0 Å². The summed E-state index contributed by atoms with van der Waals surface area (Å²) in [5, 5.41) is 0. The van der Waals surface area contributed by atoms with Crippen molar-refractivity contribution in [3.05, 3.63) is 29.6 Å². The lowest BCUT2D eigenvalue weighted by molar-refractivity contribution is 0.0797. The number of nitrogens with zero attached hydrogens (tertiary/aromatic N) is 2. The van der Waals surface area contributed by atoms with E-state index in [0.717, 1.165) is 6.26 Å². The van der Waals surface area contributed by atoms with Gasteiger partial charge in [-0.3, -0.25) is 9.78 Å². The van der Waals surface area contributed by atoms with Crippen molar-refractivity contribution in [1.82, 2.24) is 9.88 Å². The van der Waals surface area contributed by atoms with E-state index in [4.69, 9.17) is 18.0 Å². The molecule has 8 heteroatoms. The molecule has 0 fully saturated rings. The Morgan fingerprint density at radius 3 is 2.53 bits per heavy atom. The minimum atomic E-state index is -3.10. The van der Waals surface area contributed by atoms with Crippen molar-refractivity contribution >= 4 is 33.0 Å². The van der Waals surface area contributed by atoms with Crippen molar-refractivity contribution in [1.29, 1.82) is 0 Å². The fourth-order valence-electron chi connectivity index (χ4n) is 1.27. The molecular weight excluding hydrogens is 286 g/mol. The molecule has 2 N–H and O–H groups in total. The number of pyridine rings is 1. The lowest BCUT2D eigenvalue weighted by Gasteiger charge is -2.16. The van der Waals surface area contributed by atoms with E-state index in [1.807, 2.05) is 0 Å². The quantitative estimate of drug-likeness (QED) is 0.759. The number of thiocarbonyl (C=S) groups is 1. The summed E-state index contributed by atoms with van der Waals surface area (Å²) in [5.74, 6) is -0.432. The molecule has 1 rings (SSSR count). The second-order valence-corrected chi connectivity index (χ2v) is 6.85. The Kier molecular flexibility index (Phi) is 4.96. The fraction of sp³-hybridized carbons (Fsp3) is 0.364. The van der Waals surface area contributed by atoms with Gasteiger partial charge in [0.2, 0.25) is 0 Å². The number of rotatable bonds is 5. The molecule has 1 amide bonds. The smallest absolute Gasteiger partial charge is 0.272 e. The van der Waals surface area contributed by atoms with Crippen molar-refractivity contribution < 1.29 is 13.2 Å². The van der Waals surface area contributed by atoms with Gasteiger partial charge in [-0.1, -0.05) is 12.2 Å². The van der Waals surface area contributed by atoms with E-state index in [1.54, 1.807) is 6.07 Å². The number of sulfone groups is 1. The normalized spacial score (nSPS) is 11.1. The lowest BCUT2D eigenvalue weighted by Crippen LogP contribution is -2.32. The number of nitrogens with two attached hydrogens (primary N) is 1. The van der Waals surface area contributed by atoms with Crippen LogP contribution in [0, 0.1) is 0 Å². The van der Waals surface area contributed by atoms with Crippen LogP contribution in [0.5, 0.6) is 0 Å². The average molecular weight is 301 g/mol. The molecule has 0 spiro atoms. The Bertz CT molecular complexity index is 582. The van der Waals surface area contributed by atoms with E-state index >= 15 is 0 Å². The minimum absolute atomic E-state index is 0.0831. The summed E-state index contributed by atoms with van der Waals surface area (Å²) in [4.78, 5) is 17.4. The molecule has 0 bridgehead atoms. The Morgan fingerprint density at radius 2 is 2.11 bits per heavy atom.